The second-order valence-electron chi connectivity index (χ2n) is 6.10. The van der Waals surface area contributed by atoms with Gasteiger partial charge in [-0.2, -0.15) is 0 Å². The summed E-state index contributed by atoms with van der Waals surface area (Å²) in [6.07, 6.45) is 6.03. The van der Waals surface area contributed by atoms with Crippen LogP contribution in [0.25, 0.3) is 0 Å². The minimum absolute atomic E-state index is 0.195. The van der Waals surface area contributed by atoms with E-state index in [0.717, 1.165) is 25.2 Å². The second kappa shape index (κ2) is 7.65. The highest BCUT2D eigenvalue weighted by molar-refractivity contribution is 5.29. The number of piperidine rings is 1. The van der Waals surface area contributed by atoms with Gasteiger partial charge >= 0.3 is 0 Å². The van der Waals surface area contributed by atoms with E-state index in [2.05, 4.69) is 30.1 Å². The molecule has 0 saturated carbocycles. The van der Waals surface area contributed by atoms with Crippen molar-refractivity contribution in [1.82, 2.24) is 4.90 Å². The maximum Gasteiger partial charge on any atom is 0.119 e. The van der Waals surface area contributed by atoms with E-state index in [1.54, 1.807) is 0 Å². The van der Waals surface area contributed by atoms with Crippen molar-refractivity contribution in [1.29, 1.82) is 0 Å². The first kappa shape index (κ1) is 15.3. The third-order valence-corrected chi connectivity index (χ3v) is 4.10. The zero-order valence-corrected chi connectivity index (χ0v) is 12.8. The van der Waals surface area contributed by atoms with Crippen LogP contribution in [0.2, 0.25) is 0 Å². The van der Waals surface area contributed by atoms with E-state index in [-0.39, 0.29) is 6.04 Å². The van der Waals surface area contributed by atoms with Crippen molar-refractivity contribution >= 4 is 0 Å². The fraction of sp³-hybridized carbons (Fsp3) is 0.647. The standard InChI is InChI=1S/C17H28N2O/c1-14(18)12-15-6-5-8-17(13-15)20-11-9-16-7-3-4-10-19(16)2/h5-6,8,13-14,16H,3-4,7,9-12,18H2,1-2H3. The third-order valence-electron chi connectivity index (χ3n) is 4.10. The molecule has 0 bridgehead atoms. The Hall–Kier alpha value is -1.06. The summed E-state index contributed by atoms with van der Waals surface area (Å²) < 4.78 is 5.91. The third kappa shape index (κ3) is 4.80. The molecule has 0 spiro atoms. The molecule has 0 radical (unpaired) electrons. The van der Waals surface area contributed by atoms with E-state index in [1.165, 1.54) is 31.4 Å². The lowest BCUT2D eigenvalue weighted by Crippen LogP contribution is -2.37. The van der Waals surface area contributed by atoms with Crippen LogP contribution < -0.4 is 10.5 Å². The van der Waals surface area contributed by atoms with Gasteiger partial charge in [0.25, 0.3) is 0 Å². The smallest absolute Gasteiger partial charge is 0.119 e. The molecule has 1 saturated heterocycles. The number of nitrogens with zero attached hydrogens (tertiary/aromatic N) is 1. The number of likely N-dealkylation sites (tertiary alicyclic amines) is 1. The first-order valence-electron chi connectivity index (χ1n) is 7.82. The van der Waals surface area contributed by atoms with Crippen LogP contribution in [0.5, 0.6) is 5.75 Å². The molecule has 112 valence electrons. The number of rotatable bonds is 6. The topological polar surface area (TPSA) is 38.5 Å². The van der Waals surface area contributed by atoms with Crippen LogP contribution in [-0.4, -0.2) is 37.2 Å². The van der Waals surface area contributed by atoms with Crippen LogP contribution in [0, 0.1) is 0 Å². The van der Waals surface area contributed by atoms with Gasteiger partial charge in [0.1, 0.15) is 5.75 Å². The molecule has 1 aromatic rings. The lowest BCUT2D eigenvalue weighted by atomic mass is 10.0. The predicted octanol–water partition coefficient (Wildman–Crippen LogP) is 2.83. The molecule has 2 unspecified atom stereocenters. The zero-order valence-electron chi connectivity index (χ0n) is 12.8. The lowest BCUT2D eigenvalue weighted by molar-refractivity contribution is 0.153. The van der Waals surface area contributed by atoms with Crippen LogP contribution in [0.1, 0.15) is 38.2 Å². The molecule has 0 amide bonds. The molecule has 1 aliphatic rings. The average Bonchev–Trinajstić information content (AvgIpc) is 2.41. The summed E-state index contributed by atoms with van der Waals surface area (Å²) in [7, 11) is 2.23. The number of benzene rings is 1. The maximum absolute atomic E-state index is 5.91. The molecular formula is C17H28N2O. The Morgan fingerprint density at radius 2 is 2.25 bits per heavy atom. The number of hydrogen-bond acceptors (Lipinski definition) is 3. The Morgan fingerprint density at radius 3 is 3.00 bits per heavy atom. The van der Waals surface area contributed by atoms with Crippen LogP contribution in [0.4, 0.5) is 0 Å². The molecule has 1 aromatic carbocycles. The molecule has 2 atom stereocenters. The molecule has 1 fully saturated rings. The molecule has 3 heteroatoms. The van der Waals surface area contributed by atoms with Gasteiger partial charge in [-0.1, -0.05) is 18.6 Å². The Balaban J connectivity index is 1.78. The molecule has 0 aliphatic carbocycles. The molecule has 0 aromatic heterocycles. The van der Waals surface area contributed by atoms with Gasteiger partial charge in [-0.05, 0) is 63.9 Å². The number of ether oxygens (including phenoxy) is 1. The summed E-state index contributed by atoms with van der Waals surface area (Å²) in [6, 6.07) is 9.21. The molecule has 1 heterocycles. The molecular weight excluding hydrogens is 248 g/mol. The monoisotopic (exact) mass is 276 g/mol. The summed E-state index contributed by atoms with van der Waals surface area (Å²) in [5.74, 6) is 0.974. The van der Waals surface area contributed by atoms with Gasteiger partial charge in [-0.15, -0.1) is 0 Å². The highest BCUT2D eigenvalue weighted by Crippen LogP contribution is 2.19. The zero-order chi connectivity index (χ0) is 14.4. The predicted molar refractivity (Wildman–Crippen MR) is 84.2 cm³/mol. The Bertz CT molecular complexity index is 406. The summed E-state index contributed by atoms with van der Waals surface area (Å²) in [6.45, 7) is 4.07. The first-order chi connectivity index (χ1) is 9.65. The average molecular weight is 276 g/mol. The van der Waals surface area contributed by atoms with Gasteiger partial charge < -0.3 is 15.4 Å². The van der Waals surface area contributed by atoms with Crippen molar-refractivity contribution in [2.24, 2.45) is 5.73 Å². The van der Waals surface area contributed by atoms with E-state index < -0.39 is 0 Å². The van der Waals surface area contributed by atoms with Gasteiger partial charge in [0.15, 0.2) is 0 Å². The molecule has 2 N–H and O–H groups in total. The lowest BCUT2D eigenvalue weighted by Gasteiger charge is -2.32. The van der Waals surface area contributed by atoms with Gasteiger partial charge in [-0.3, -0.25) is 0 Å². The molecule has 2 rings (SSSR count). The molecule has 1 aliphatic heterocycles. The summed E-state index contributed by atoms with van der Waals surface area (Å²) >= 11 is 0. The van der Waals surface area contributed by atoms with Gasteiger partial charge in [0.2, 0.25) is 0 Å². The van der Waals surface area contributed by atoms with Gasteiger partial charge in [0.05, 0.1) is 6.61 Å². The normalized spacial score (nSPS) is 21.6. The molecule has 3 nitrogen and oxygen atoms in total. The summed E-state index contributed by atoms with van der Waals surface area (Å²) in [5.41, 5.74) is 7.10. The van der Waals surface area contributed by atoms with Gasteiger partial charge in [-0.25, -0.2) is 0 Å². The largest absolute Gasteiger partial charge is 0.494 e. The molecule has 20 heavy (non-hydrogen) atoms. The van der Waals surface area contributed by atoms with Crippen molar-refractivity contribution in [2.45, 2.75) is 51.1 Å². The van der Waals surface area contributed by atoms with Crippen molar-refractivity contribution in [2.75, 3.05) is 20.2 Å². The highest BCUT2D eigenvalue weighted by Gasteiger charge is 2.18. The van der Waals surface area contributed by atoms with E-state index in [1.807, 2.05) is 13.0 Å². The van der Waals surface area contributed by atoms with Crippen molar-refractivity contribution in [3.05, 3.63) is 29.8 Å². The van der Waals surface area contributed by atoms with Crippen molar-refractivity contribution < 1.29 is 4.74 Å². The van der Waals surface area contributed by atoms with Crippen LogP contribution in [0.15, 0.2) is 24.3 Å². The van der Waals surface area contributed by atoms with Crippen LogP contribution >= 0.6 is 0 Å². The quantitative estimate of drug-likeness (QED) is 0.868. The Labute approximate surface area is 123 Å². The van der Waals surface area contributed by atoms with Crippen molar-refractivity contribution in [3.8, 4) is 5.75 Å². The number of nitrogens with two attached hydrogens (primary N) is 1. The first-order valence-corrected chi connectivity index (χ1v) is 7.82. The highest BCUT2D eigenvalue weighted by atomic mass is 16.5. The Morgan fingerprint density at radius 1 is 1.40 bits per heavy atom. The van der Waals surface area contributed by atoms with Gasteiger partial charge in [0, 0.05) is 12.1 Å². The fourth-order valence-corrected chi connectivity index (χ4v) is 2.96. The Kier molecular flexibility index (Phi) is 5.86. The van der Waals surface area contributed by atoms with E-state index in [9.17, 15) is 0 Å². The van der Waals surface area contributed by atoms with E-state index in [0.29, 0.717) is 6.04 Å². The SMILES string of the molecule is CC(N)Cc1cccc(OCCC2CCCCN2C)c1. The second-order valence-corrected chi connectivity index (χ2v) is 6.10. The van der Waals surface area contributed by atoms with Crippen LogP contribution in [-0.2, 0) is 6.42 Å². The summed E-state index contributed by atoms with van der Waals surface area (Å²) in [4.78, 5) is 2.47. The number of hydrogen-bond donors (Lipinski definition) is 1. The van der Waals surface area contributed by atoms with Crippen LogP contribution in [0.3, 0.4) is 0 Å². The van der Waals surface area contributed by atoms with E-state index >= 15 is 0 Å². The fourth-order valence-electron chi connectivity index (χ4n) is 2.96. The van der Waals surface area contributed by atoms with Crippen molar-refractivity contribution in [3.63, 3.8) is 0 Å². The minimum atomic E-state index is 0.195. The van der Waals surface area contributed by atoms with E-state index in [4.69, 9.17) is 10.5 Å². The minimum Gasteiger partial charge on any atom is -0.494 e. The summed E-state index contributed by atoms with van der Waals surface area (Å²) in [5, 5.41) is 0. The maximum atomic E-state index is 5.91.